The predicted octanol–water partition coefficient (Wildman–Crippen LogP) is 1.79. The first-order valence-electron chi connectivity index (χ1n) is 7.67. The lowest BCUT2D eigenvalue weighted by Crippen LogP contribution is -2.52. The van der Waals surface area contributed by atoms with Crippen LogP contribution < -0.4 is 10.2 Å². The van der Waals surface area contributed by atoms with Gasteiger partial charge in [0, 0.05) is 29.9 Å². The molecular weight excluding hydrogens is 342 g/mol. The average molecular weight is 356 g/mol. The number of amides is 1. The Hall–Kier alpha value is -3.00. The van der Waals surface area contributed by atoms with Crippen LogP contribution in [-0.4, -0.2) is 43.7 Å². The van der Waals surface area contributed by atoms with Crippen LogP contribution in [0.5, 0.6) is 0 Å². The minimum atomic E-state index is -0.0829. The maximum absolute atomic E-state index is 12.3. The largest absolute Gasteiger partial charge is 0.355 e. The maximum atomic E-state index is 12.3. The zero-order valence-corrected chi connectivity index (χ0v) is 13.8. The highest BCUT2D eigenvalue weighted by Crippen LogP contribution is 2.25. The first kappa shape index (κ1) is 15.5. The van der Waals surface area contributed by atoms with E-state index in [1.54, 1.807) is 35.3 Å². The number of nitrogens with one attached hydrogen (secondary N) is 1. The topological polar surface area (TPSA) is 88.8 Å². The van der Waals surface area contributed by atoms with Crippen LogP contribution in [0.4, 0.5) is 11.5 Å². The number of aromatic nitrogens is 5. The molecule has 1 saturated heterocycles. The molecule has 0 unspecified atom stereocenters. The zero-order chi connectivity index (χ0) is 17.2. The van der Waals surface area contributed by atoms with Crippen molar-refractivity contribution in [2.75, 3.05) is 23.3 Å². The van der Waals surface area contributed by atoms with E-state index >= 15 is 0 Å². The number of rotatable bonds is 4. The van der Waals surface area contributed by atoms with Crippen molar-refractivity contribution < 1.29 is 4.79 Å². The molecule has 1 fully saturated rings. The van der Waals surface area contributed by atoms with Crippen molar-refractivity contribution in [1.82, 2.24) is 24.7 Å². The van der Waals surface area contributed by atoms with Gasteiger partial charge in [-0.2, -0.15) is 5.10 Å². The summed E-state index contributed by atoms with van der Waals surface area (Å²) in [6.07, 6.45) is 4.50. The molecule has 2 aromatic heterocycles. The highest BCUT2D eigenvalue weighted by molar-refractivity contribution is 6.30. The van der Waals surface area contributed by atoms with Gasteiger partial charge in [-0.1, -0.05) is 11.6 Å². The molecule has 8 nitrogen and oxygen atoms in total. The van der Waals surface area contributed by atoms with E-state index in [2.05, 4.69) is 25.4 Å². The molecule has 0 aliphatic carbocycles. The third-order valence-corrected chi connectivity index (χ3v) is 4.23. The maximum Gasteiger partial charge on any atom is 0.231 e. The Labute approximate surface area is 148 Å². The van der Waals surface area contributed by atoms with Gasteiger partial charge in [0.05, 0.1) is 5.92 Å². The van der Waals surface area contributed by atoms with Crippen molar-refractivity contribution in [1.29, 1.82) is 0 Å². The third-order valence-electron chi connectivity index (χ3n) is 3.98. The molecule has 1 aliphatic rings. The van der Waals surface area contributed by atoms with Crippen molar-refractivity contribution in [3.8, 4) is 5.82 Å². The summed E-state index contributed by atoms with van der Waals surface area (Å²) >= 11 is 5.84. The number of hydrogen-bond donors (Lipinski definition) is 1. The second-order valence-corrected chi connectivity index (χ2v) is 6.11. The van der Waals surface area contributed by atoms with E-state index < -0.39 is 0 Å². The molecule has 1 N–H and O–H groups in total. The van der Waals surface area contributed by atoms with Crippen LogP contribution in [0.2, 0.25) is 5.02 Å². The van der Waals surface area contributed by atoms with Crippen molar-refractivity contribution in [2.45, 2.75) is 0 Å². The van der Waals surface area contributed by atoms with Crippen LogP contribution in [0.3, 0.4) is 0 Å². The molecule has 0 bridgehead atoms. The van der Waals surface area contributed by atoms with Crippen molar-refractivity contribution >= 4 is 29.0 Å². The first-order valence-corrected chi connectivity index (χ1v) is 8.05. The Morgan fingerprint density at radius 2 is 1.88 bits per heavy atom. The normalized spacial score (nSPS) is 14.2. The molecular formula is C16H14ClN7O. The summed E-state index contributed by atoms with van der Waals surface area (Å²) in [6.45, 7) is 1.21. The summed E-state index contributed by atoms with van der Waals surface area (Å²) in [5, 5.41) is 7.59. The number of carbonyl (C=O) groups excluding carboxylic acids is 1. The number of hydrogen-bond acceptors (Lipinski definition) is 6. The average Bonchev–Trinajstić information content (AvgIpc) is 3.10. The van der Waals surface area contributed by atoms with Crippen molar-refractivity contribution in [3.05, 3.63) is 54.3 Å². The molecule has 126 valence electrons. The Balaban J connectivity index is 1.38. The molecule has 1 amide bonds. The molecule has 0 atom stereocenters. The Bertz CT molecular complexity index is 876. The van der Waals surface area contributed by atoms with Crippen LogP contribution in [0, 0.1) is 5.92 Å². The first-order chi connectivity index (χ1) is 12.2. The van der Waals surface area contributed by atoms with Crippen LogP contribution in [0.25, 0.3) is 5.82 Å². The van der Waals surface area contributed by atoms with E-state index in [1.807, 2.05) is 11.0 Å². The number of carbonyl (C=O) groups is 1. The highest BCUT2D eigenvalue weighted by atomic mass is 35.5. The molecule has 9 heteroatoms. The van der Waals surface area contributed by atoms with Gasteiger partial charge < -0.3 is 10.2 Å². The van der Waals surface area contributed by atoms with Gasteiger partial charge in [-0.3, -0.25) is 4.79 Å². The Kier molecular flexibility index (Phi) is 4.02. The van der Waals surface area contributed by atoms with Gasteiger partial charge in [-0.05, 0) is 24.3 Å². The van der Waals surface area contributed by atoms with Crippen molar-refractivity contribution in [3.63, 3.8) is 0 Å². The fourth-order valence-corrected chi connectivity index (χ4v) is 2.70. The summed E-state index contributed by atoms with van der Waals surface area (Å²) in [5.74, 6) is 1.30. The molecule has 1 aromatic carbocycles. The van der Waals surface area contributed by atoms with Gasteiger partial charge in [0.25, 0.3) is 0 Å². The van der Waals surface area contributed by atoms with E-state index in [-0.39, 0.29) is 11.8 Å². The van der Waals surface area contributed by atoms with Gasteiger partial charge >= 0.3 is 0 Å². The Morgan fingerprint density at radius 3 is 2.60 bits per heavy atom. The van der Waals surface area contributed by atoms with Crippen LogP contribution in [-0.2, 0) is 4.79 Å². The summed E-state index contributed by atoms with van der Waals surface area (Å²) < 4.78 is 1.57. The molecule has 3 aromatic rings. The molecule has 0 saturated carbocycles. The quantitative estimate of drug-likeness (QED) is 0.767. The summed E-state index contributed by atoms with van der Waals surface area (Å²) in [7, 11) is 0. The van der Waals surface area contributed by atoms with Gasteiger partial charge in [-0.15, -0.1) is 0 Å². The van der Waals surface area contributed by atoms with Gasteiger partial charge in [0.15, 0.2) is 5.82 Å². The summed E-state index contributed by atoms with van der Waals surface area (Å²) in [5.41, 5.74) is 0.739. The molecule has 25 heavy (non-hydrogen) atoms. The predicted molar refractivity (Wildman–Crippen MR) is 92.7 cm³/mol. The van der Waals surface area contributed by atoms with Gasteiger partial charge in [0.1, 0.15) is 24.8 Å². The smallest absolute Gasteiger partial charge is 0.231 e. The van der Waals surface area contributed by atoms with Gasteiger partial charge in [0.2, 0.25) is 5.91 Å². The lowest BCUT2D eigenvalue weighted by Gasteiger charge is -2.39. The lowest BCUT2D eigenvalue weighted by atomic mass is 9.99. The van der Waals surface area contributed by atoms with E-state index in [4.69, 9.17) is 11.6 Å². The SMILES string of the molecule is O=C(Nc1ccc(Cl)cc1)C1CN(c2cc(-n3cncn3)ncn2)C1. The van der Waals surface area contributed by atoms with Crippen LogP contribution >= 0.6 is 11.6 Å². The van der Waals surface area contributed by atoms with E-state index in [0.29, 0.717) is 23.9 Å². The Morgan fingerprint density at radius 1 is 1.12 bits per heavy atom. The molecule has 1 aliphatic heterocycles. The van der Waals surface area contributed by atoms with Gasteiger partial charge in [-0.25, -0.2) is 19.6 Å². The van der Waals surface area contributed by atoms with E-state index in [0.717, 1.165) is 11.5 Å². The number of halogens is 1. The minimum Gasteiger partial charge on any atom is -0.355 e. The molecule has 4 rings (SSSR count). The monoisotopic (exact) mass is 355 g/mol. The molecule has 3 heterocycles. The van der Waals surface area contributed by atoms with E-state index in [1.165, 1.54) is 12.7 Å². The highest BCUT2D eigenvalue weighted by Gasteiger charge is 2.33. The standard InChI is InChI=1S/C16H14ClN7O/c17-12-1-3-13(4-2-12)22-16(25)11-6-23(7-11)14-5-15(20-9-19-14)24-10-18-8-21-24/h1-5,8-11H,6-7H2,(H,22,25). The molecule has 0 radical (unpaired) electrons. The zero-order valence-electron chi connectivity index (χ0n) is 13.1. The molecule has 0 spiro atoms. The number of anilines is 2. The number of nitrogens with zero attached hydrogens (tertiary/aromatic N) is 6. The third kappa shape index (κ3) is 3.29. The second-order valence-electron chi connectivity index (χ2n) is 5.67. The van der Waals surface area contributed by atoms with E-state index in [9.17, 15) is 4.79 Å². The lowest BCUT2D eigenvalue weighted by molar-refractivity contribution is -0.120. The fourth-order valence-electron chi connectivity index (χ4n) is 2.57. The summed E-state index contributed by atoms with van der Waals surface area (Å²) in [4.78, 5) is 26.6. The fraction of sp³-hybridized carbons (Fsp3) is 0.188. The van der Waals surface area contributed by atoms with Crippen LogP contribution in [0.1, 0.15) is 0 Å². The summed E-state index contributed by atoms with van der Waals surface area (Å²) in [6, 6.07) is 8.88. The second kappa shape index (κ2) is 6.48. The minimum absolute atomic E-state index is 0.0101. The number of benzene rings is 1. The van der Waals surface area contributed by atoms with Crippen LogP contribution in [0.15, 0.2) is 49.3 Å². The van der Waals surface area contributed by atoms with Crippen molar-refractivity contribution in [2.24, 2.45) is 5.92 Å².